The summed E-state index contributed by atoms with van der Waals surface area (Å²) in [6.45, 7) is 0.219. The minimum atomic E-state index is -0.581. The first-order valence-electron chi connectivity index (χ1n) is 10.2. The average molecular weight is 592 g/mol. The molecular weight excluding hydrogens is 575 g/mol. The lowest BCUT2D eigenvalue weighted by atomic mass is 10.1. The van der Waals surface area contributed by atoms with E-state index in [2.05, 4.69) is 21.2 Å². The summed E-state index contributed by atoms with van der Waals surface area (Å²) in [6, 6.07) is 17.5. The highest BCUT2D eigenvalue weighted by Crippen LogP contribution is 2.38. The molecule has 0 aliphatic carbocycles. The molecule has 10 heteroatoms. The first-order chi connectivity index (χ1) is 16.8. The number of nitrogens with zero attached hydrogens (tertiary/aromatic N) is 1. The molecule has 0 unspecified atom stereocenters. The second-order valence-corrected chi connectivity index (χ2v) is 9.42. The zero-order valence-electron chi connectivity index (χ0n) is 18.2. The Labute approximate surface area is 225 Å². The van der Waals surface area contributed by atoms with Crippen molar-refractivity contribution in [3.8, 4) is 11.5 Å². The maximum atomic E-state index is 13.2. The molecule has 1 saturated heterocycles. The molecule has 1 aliphatic heterocycles. The Hall–Kier alpha value is -2.91. The van der Waals surface area contributed by atoms with E-state index in [4.69, 9.17) is 44.9 Å². The van der Waals surface area contributed by atoms with E-state index in [-0.39, 0.29) is 17.3 Å². The van der Waals surface area contributed by atoms with Crippen molar-refractivity contribution in [1.82, 2.24) is 5.32 Å². The fourth-order valence-electron chi connectivity index (χ4n) is 3.38. The van der Waals surface area contributed by atoms with Crippen molar-refractivity contribution in [2.75, 3.05) is 12.0 Å². The summed E-state index contributed by atoms with van der Waals surface area (Å²) in [5, 5.41) is 3.48. The van der Waals surface area contributed by atoms with Crippen LogP contribution in [0.15, 0.2) is 70.7 Å². The second-order valence-electron chi connectivity index (χ2n) is 7.36. The molecule has 0 saturated carbocycles. The highest BCUT2D eigenvalue weighted by molar-refractivity contribution is 9.10. The molecule has 0 radical (unpaired) electrons. The average Bonchev–Trinajstić information content (AvgIpc) is 2.83. The van der Waals surface area contributed by atoms with Crippen LogP contribution in [0, 0.1) is 0 Å². The monoisotopic (exact) mass is 590 g/mol. The van der Waals surface area contributed by atoms with E-state index in [1.165, 1.54) is 18.1 Å². The van der Waals surface area contributed by atoms with Crippen LogP contribution in [0.25, 0.3) is 6.08 Å². The first kappa shape index (κ1) is 25.2. The van der Waals surface area contributed by atoms with Crippen LogP contribution in [-0.2, 0) is 16.2 Å². The van der Waals surface area contributed by atoms with Gasteiger partial charge >= 0.3 is 0 Å². The van der Waals surface area contributed by atoms with E-state index >= 15 is 0 Å². The molecule has 1 N–H and O–H groups in total. The third-order valence-corrected chi connectivity index (χ3v) is 6.66. The van der Waals surface area contributed by atoms with Gasteiger partial charge in [-0.25, -0.2) is 0 Å². The van der Waals surface area contributed by atoms with Crippen molar-refractivity contribution in [3.05, 3.63) is 91.9 Å². The van der Waals surface area contributed by atoms with Crippen LogP contribution in [0.2, 0.25) is 10.0 Å². The molecule has 35 heavy (non-hydrogen) atoms. The second kappa shape index (κ2) is 10.8. The van der Waals surface area contributed by atoms with Gasteiger partial charge in [0, 0.05) is 0 Å². The van der Waals surface area contributed by atoms with Crippen molar-refractivity contribution in [1.29, 1.82) is 0 Å². The lowest BCUT2D eigenvalue weighted by Crippen LogP contribution is -2.54. The van der Waals surface area contributed by atoms with Crippen LogP contribution in [0.1, 0.15) is 11.1 Å². The van der Waals surface area contributed by atoms with Gasteiger partial charge in [-0.1, -0.05) is 47.5 Å². The maximum absolute atomic E-state index is 13.2. The summed E-state index contributed by atoms with van der Waals surface area (Å²) < 4.78 is 12.0. The highest BCUT2D eigenvalue weighted by atomic mass is 79.9. The quantitative estimate of drug-likeness (QED) is 0.211. The van der Waals surface area contributed by atoms with Crippen LogP contribution in [0.5, 0.6) is 11.5 Å². The number of para-hydroxylation sites is 1. The minimum Gasteiger partial charge on any atom is -0.493 e. The van der Waals surface area contributed by atoms with Crippen molar-refractivity contribution >= 4 is 80.0 Å². The molecule has 4 rings (SSSR count). The number of nitrogens with one attached hydrogen (secondary N) is 1. The summed E-state index contributed by atoms with van der Waals surface area (Å²) in [6.07, 6.45) is 1.48. The van der Waals surface area contributed by atoms with Gasteiger partial charge in [-0.05, 0) is 81.7 Å². The first-order valence-corrected chi connectivity index (χ1v) is 12.1. The van der Waals surface area contributed by atoms with E-state index < -0.39 is 11.8 Å². The van der Waals surface area contributed by atoms with E-state index in [0.29, 0.717) is 37.3 Å². The molecule has 0 atom stereocenters. The van der Waals surface area contributed by atoms with Gasteiger partial charge in [0.15, 0.2) is 16.6 Å². The maximum Gasteiger partial charge on any atom is 0.270 e. The normalized spacial score (nSPS) is 14.8. The molecule has 3 aromatic carbocycles. The number of carbonyl (C=O) groups is 2. The van der Waals surface area contributed by atoms with E-state index in [1.54, 1.807) is 48.5 Å². The molecule has 6 nitrogen and oxygen atoms in total. The van der Waals surface area contributed by atoms with Gasteiger partial charge in [-0.2, -0.15) is 0 Å². The molecule has 0 aromatic heterocycles. The van der Waals surface area contributed by atoms with E-state index in [9.17, 15) is 9.59 Å². The molecule has 0 bridgehead atoms. The zero-order valence-corrected chi connectivity index (χ0v) is 22.1. The van der Waals surface area contributed by atoms with Crippen molar-refractivity contribution in [2.45, 2.75) is 6.61 Å². The summed E-state index contributed by atoms with van der Waals surface area (Å²) in [4.78, 5) is 27.1. The van der Waals surface area contributed by atoms with E-state index in [1.807, 2.05) is 12.1 Å². The third-order valence-electron chi connectivity index (χ3n) is 5.05. The van der Waals surface area contributed by atoms with Crippen LogP contribution in [0.3, 0.4) is 0 Å². The van der Waals surface area contributed by atoms with Crippen molar-refractivity contribution in [2.24, 2.45) is 0 Å². The number of amides is 2. The Bertz CT molecular complexity index is 1370. The number of carbonyl (C=O) groups excluding carboxylic acids is 2. The Balaban J connectivity index is 1.63. The predicted octanol–water partition coefficient (Wildman–Crippen LogP) is 6.17. The lowest BCUT2D eigenvalue weighted by molar-refractivity contribution is -0.122. The standard InChI is InChI=1S/C25H17BrCl2N2O4S/c1-33-21-12-15(10-18(26)22(21)34-13-14-7-8-19(27)20(28)11-14)9-17-23(31)29-25(35)30(24(17)32)16-5-3-2-4-6-16/h2-12H,13H2,1H3,(H,29,31,35)/b17-9-. The third kappa shape index (κ3) is 5.51. The number of methoxy groups -OCH3 is 1. The number of benzene rings is 3. The van der Waals surface area contributed by atoms with Crippen molar-refractivity contribution in [3.63, 3.8) is 0 Å². The molecule has 2 amide bonds. The molecule has 1 fully saturated rings. The summed E-state index contributed by atoms with van der Waals surface area (Å²) in [5.41, 5.74) is 1.86. The Kier molecular flexibility index (Phi) is 7.76. The number of rotatable bonds is 6. The van der Waals surface area contributed by atoms with Gasteiger partial charge in [-0.15, -0.1) is 0 Å². The van der Waals surface area contributed by atoms with Crippen LogP contribution < -0.4 is 19.7 Å². The molecule has 1 heterocycles. The highest BCUT2D eigenvalue weighted by Gasteiger charge is 2.34. The van der Waals surface area contributed by atoms with Gasteiger partial charge in [-0.3, -0.25) is 19.8 Å². The number of hydrogen-bond donors (Lipinski definition) is 1. The molecular formula is C25H17BrCl2N2O4S. The van der Waals surface area contributed by atoms with Gasteiger partial charge in [0.1, 0.15) is 12.2 Å². The van der Waals surface area contributed by atoms with Crippen LogP contribution in [-0.4, -0.2) is 24.0 Å². The summed E-state index contributed by atoms with van der Waals surface area (Å²) in [7, 11) is 1.50. The predicted molar refractivity (Wildman–Crippen MR) is 144 cm³/mol. The van der Waals surface area contributed by atoms with Gasteiger partial charge in [0.25, 0.3) is 11.8 Å². The van der Waals surface area contributed by atoms with Crippen LogP contribution in [0.4, 0.5) is 5.69 Å². The molecule has 0 spiro atoms. The van der Waals surface area contributed by atoms with Gasteiger partial charge in [0.2, 0.25) is 0 Å². The molecule has 3 aromatic rings. The van der Waals surface area contributed by atoms with Gasteiger partial charge < -0.3 is 9.47 Å². The SMILES string of the molecule is COc1cc(/C=C2/C(=O)NC(=S)N(c3ccccc3)C2=O)cc(Br)c1OCc1ccc(Cl)c(Cl)c1. The summed E-state index contributed by atoms with van der Waals surface area (Å²) >= 11 is 20.8. The Morgan fingerprint density at radius 2 is 1.80 bits per heavy atom. The topological polar surface area (TPSA) is 67.9 Å². The zero-order chi connectivity index (χ0) is 25.1. The fourth-order valence-corrected chi connectivity index (χ4v) is 4.56. The summed E-state index contributed by atoms with van der Waals surface area (Å²) in [5.74, 6) is -0.250. The smallest absolute Gasteiger partial charge is 0.270 e. The Morgan fingerprint density at radius 3 is 2.49 bits per heavy atom. The largest absolute Gasteiger partial charge is 0.493 e. The van der Waals surface area contributed by atoms with Gasteiger partial charge in [0.05, 0.1) is 27.3 Å². The number of thiocarbonyl (C=S) groups is 1. The van der Waals surface area contributed by atoms with Crippen LogP contribution >= 0.6 is 51.3 Å². The Morgan fingerprint density at radius 1 is 1.06 bits per heavy atom. The lowest BCUT2D eigenvalue weighted by Gasteiger charge is -2.28. The number of hydrogen-bond acceptors (Lipinski definition) is 5. The molecule has 178 valence electrons. The van der Waals surface area contributed by atoms with E-state index in [0.717, 1.165) is 5.56 Å². The molecule has 1 aliphatic rings. The minimum absolute atomic E-state index is 0.0214. The van der Waals surface area contributed by atoms with Crippen molar-refractivity contribution < 1.29 is 19.1 Å². The number of ether oxygens (including phenoxy) is 2. The number of anilines is 1. The fraction of sp³-hybridized carbons (Fsp3) is 0.0800. The number of halogens is 3.